The first kappa shape index (κ1) is 17.2. The van der Waals surface area contributed by atoms with Crippen LogP contribution in [0.4, 0.5) is 4.79 Å². The second-order valence-electron chi connectivity index (χ2n) is 6.51. The molecule has 132 valence electrons. The summed E-state index contributed by atoms with van der Waals surface area (Å²) >= 11 is 0. The smallest absolute Gasteiger partial charge is 0.407 e. The Hall–Kier alpha value is -2.68. The van der Waals surface area contributed by atoms with Gasteiger partial charge in [-0.3, -0.25) is 0 Å². The van der Waals surface area contributed by atoms with Gasteiger partial charge in [-0.05, 0) is 48.9 Å². The maximum absolute atomic E-state index is 11.0. The Kier molecular flexibility index (Phi) is 5.44. The fourth-order valence-electron chi connectivity index (χ4n) is 3.29. The average Bonchev–Trinajstić information content (AvgIpc) is 3.14. The maximum atomic E-state index is 11.0. The molecular weight excluding hydrogens is 318 g/mol. The van der Waals surface area contributed by atoms with Gasteiger partial charge in [-0.2, -0.15) is 5.26 Å². The predicted molar refractivity (Wildman–Crippen MR) is 94.2 cm³/mol. The van der Waals surface area contributed by atoms with Crippen molar-refractivity contribution in [2.24, 2.45) is 0 Å². The molecule has 1 aromatic carbocycles. The Morgan fingerprint density at radius 1 is 1.24 bits per heavy atom. The lowest BCUT2D eigenvalue weighted by molar-refractivity contribution is 0.0895. The Morgan fingerprint density at radius 3 is 2.60 bits per heavy atom. The number of hydrogen-bond donors (Lipinski definition) is 1. The third-order valence-corrected chi connectivity index (χ3v) is 4.76. The van der Waals surface area contributed by atoms with Crippen LogP contribution < -0.4 is 4.74 Å². The van der Waals surface area contributed by atoms with Crippen LogP contribution in [-0.2, 0) is 0 Å². The van der Waals surface area contributed by atoms with Crippen LogP contribution in [0.1, 0.15) is 36.8 Å². The molecule has 0 aromatic heterocycles. The largest absolute Gasteiger partial charge is 0.490 e. The Balaban J connectivity index is 1.65. The number of carboxylic acid groups (broad SMARTS) is 1. The number of likely N-dealkylation sites (tertiary alicyclic amines) is 2. The van der Waals surface area contributed by atoms with Gasteiger partial charge in [0, 0.05) is 39.0 Å². The van der Waals surface area contributed by atoms with Crippen LogP contribution in [-0.4, -0.2) is 53.3 Å². The van der Waals surface area contributed by atoms with Crippen LogP contribution in [0, 0.1) is 11.3 Å². The molecule has 0 unspecified atom stereocenters. The fraction of sp³-hybridized carbons (Fsp3) is 0.474. The summed E-state index contributed by atoms with van der Waals surface area (Å²) in [6.07, 6.45) is 6.98. The molecule has 2 saturated heterocycles. The Bertz CT molecular complexity index is 682. The molecule has 0 spiro atoms. The monoisotopic (exact) mass is 341 g/mol. The van der Waals surface area contributed by atoms with Crippen LogP contribution in [0.3, 0.4) is 0 Å². The van der Waals surface area contributed by atoms with E-state index in [0.29, 0.717) is 31.5 Å². The molecular formula is C19H23N3O3. The highest BCUT2D eigenvalue weighted by Crippen LogP contribution is 2.23. The number of nitriles is 1. The zero-order valence-corrected chi connectivity index (χ0v) is 14.2. The van der Waals surface area contributed by atoms with Crippen LogP contribution in [0.2, 0.25) is 0 Å². The zero-order chi connectivity index (χ0) is 17.6. The van der Waals surface area contributed by atoms with Crippen LogP contribution in [0.15, 0.2) is 24.4 Å². The average molecular weight is 341 g/mol. The molecule has 2 fully saturated rings. The summed E-state index contributed by atoms with van der Waals surface area (Å²) in [6.45, 7) is 3.13. The number of carbonyl (C=O) groups is 1. The van der Waals surface area contributed by atoms with E-state index in [-0.39, 0.29) is 6.10 Å². The molecule has 6 nitrogen and oxygen atoms in total. The molecule has 1 N–H and O–H groups in total. The molecule has 2 aliphatic rings. The summed E-state index contributed by atoms with van der Waals surface area (Å²) in [5.41, 5.74) is 1.48. The SMILES string of the molecule is N#Cc1ccc(OC2CCN(C(=O)O)CC2)cc1/C=C/N1CCCC1. The van der Waals surface area contributed by atoms with E-state index in [0.717, 1.165) is 24.4 Å². The van der Waals surface area contributed by atoms with E-state index in [1.807, 2.05) is 18.2 Å². The summed E-state index contributed by atoms with van der Waals surface area (Å²) in [4.78, 5) is 14.6. The quantitative estimate of drug-likeness (QED) is 0.910. The molecule has 2 aliphatic heterocycles. The van der Waals surface area contributed by atoms with Crippen molar-refractivity contribution in [1.82, 2.24) is 9.80 Å². The minimum Gasteiger partial charge on any atom is -0.490 e. The van der Waals surface area contributed by atoms with Crippen LogP contribution >= 0.6 is 0 Å². The first-order valence-electron chi connectivity index (χ1n) is 8.76. The second-order valence-corrected chi connectivity index (χ2v) is 6.51. The molecule has 0 bridgehead atoms. The van der Waals surface area contributed by atoms with Gasteiger partial charge in [0.15, 0.2) is 0 Å². The molecule has 0 aliphatic carbocycles. The summed E-state index contributed by atoms with van der Waals surface area (Å²) in [5.74, 6) is 0.730. The third-order valence-electron chi connectivity index (χ3n) is 4.76. The molecule has 0 radical (unpaired) electrons. The summed E-state index contributed by atoms with van der Waals surface area (Å²) < 4.78 is 6.02. The van der Waals surface area contributed by atoms with Crippen molar-refractivity contribution in [3.8, 4) is 11.8 Å². The van der Waals surface area contributed by atoms with Gasteiger partial charge in [0.1, 0.15) is 11.9 Å². The Labute approximate surface area is 147 Å². The topological polar surface area (TPSA) is 76.8 Å². The van der Waals surface area contributed by atoms with Gasteiger partial charge in [0.25, 0.3) is 0 Å². The number of hydrogen-bond acceptors (Lipinski definition) is 4. The molecule has 3 rings (SSSR count). The van der Waals surface area contributed by atoms with Crippen molar-refractivity contribution < 1.29 is 14.6 Å². The number of ether oxygens (including phenoxy) is 1. The number of nitrogens with zero attached hydrogens (tertiary/aromatic N) is 3. The molecule has 0 saturated carbocycles. The van der Waals surface area contributed by atoms with Crippen molar-refractivity contribution in [3.63, 3.8) is 0 Å². The summed E-state index contributed by atoms with van der Waals surface area (Å²) in [5, 5.41) is 18.3. The molecule has 1 aromatic rings. The second kappa shape index (κ2) is 7.93. The van der Waals surface area contributed by atoms with E-state index in [1.165, 1.54) is 17.7 Å². The van der Waals surface area contributed by atoms with Gasteiger partial charge >= 0.3 is 6.09 Å². The molecule has 25 heavy (non-hydrogen) atoms. The highest BCUT2D eigenvalue weighted by Gasteiger charge is 2.23. The lowest BCUT2D eigenvalue weighted by Crippen LogP contribution is -2.41. The summed E-state index contributed by atoms with van der Waals surface area (Å²) in [7, 11) is 0. The normalized spacial score (nSPS) is 18.5. The minimum atomic E-state index is -0.869. The highest BCUT2D eigenvalue weighted by atomic mass is 16.5. The minimum absolute atomic E-state index is 0.0129. The first-order chi connectivity index (χ1) is 12.2. The Morgan fingerprint density at radius 2 is 1.96 bits per heavy atom. The van der Waals surface area contributed by atoms with Gasteiger partial charge in [-0.25, -0.2) is 4.79 Å². The van der Waals surface area contributed by atoms with Gasteiger partial charge < -0.3 is 19.6 Å². The van der Waals surface area contributed by atoms with Crippen molar-refractivity contribution in [3.05, 3.63) is 35.5 Å². The predicted octanol–water partition coefficient (Wildman–Crippen LogP) is 3.15. The van der Waals surface area contributed by atoms with E-state index in [9.17, 15) is 10.1 Å². The van der Waals surface area contributed by atoms with Gasteiger partial charge in [0.05, 0.1) is 11.6 Å². The van der Waals surface area contributed by atoms with E-state index in [2.05, 4.69) is 17.2 Å². The van der Waals surface area contributed by atoms with Crippen molar-refractivity contribution in [1.29, 1.82) is 5.26 Å². The molecule has 2 heterocycles. The number of amides is 1. The maximum Gasteiger partial charge on any atom is 0.407 e. The van der Waals surface area contributed by atoms with Gasteiger partial charge in [-0.1, -0.05) is 0 Å². The number of piperidine rings is 1. The van der Waals surface area contributed by atoms with Crippen LogP contribution in [0.25, 0.3) is 6.08 Å². The highest BCUT2D eigenvalue weighted by molar-refractivity contribution is 5.65. The van der Waals surface area contributed by atoms with Gasteiger partial charge in [-0.15, -0.1) is 0 Å². The van der Waals surface area contributed by atoms with E-state index < -0.39 is 6.09 Å². The fourth-order valence-corrected chi connectivity index (χ4v) is 3.29. The van der Waals surface area contributed by atoms with Crippen molar-refractivity contribution >= 4 is 12.2 Å². The van der Waals surface area contributed by atoms with Crippen LogP contribution in [0.5, 0.6) is 5.75 Å². The van der Waals surface area contributed by atoms with Crippen molar-refractivity contribution in [2.75, 3.05) is 26.2 Å². The zero-order valence-electron chi connectivity index (χ0n) is 14.2. The lowest BCUT2D eigenvalue weighted by Gasteiger charge is -2.30. The van der Waals surface area contributed by atoms with Gasteiger partial charge in [0.2, 0.25) is 0 Å². The first-order valence-corrected chi connectivity index (χ1v) is 8.76. The standard InChI is InChI=1S/C19H23N3O3/c20-14-16-3-4-18(13-15(16)5-10-21-8-1-2-9-21)25-17-6-11-22(12-7-17)19(23)24/h3-5,10,13,17H,1-2,6-9,11-12H2,(H,23,24)/b10-5+. The van der Waals surface area contributed by atoms with E-state index >= 15 is 0 Å². The number of benzene rings is 1. The van der Waals surface area contributed by atoms with E-state index in [4.69, 9.17) is 9.84 Å². The lowest BCUT2D eigenvalue weighted by atomic mass is 10.1. The third kappa shape index (κ3) is 4.44. The van der Waals surface area contributed by atoms with Crippen molar-refractivity contribution in [2.45, 2.75) is 31.8 Å². The molecule has 1 amide bonds. The summed E-state index contributed by atoms with van der Waals surface area (Å²) in [6, 6.07) is 7.72. The molecule has 0 atom stereocenters. The number of rotatable bonds is 4. The molecule has 6 heteroatoms. The van der Waals surface area contributed by atoms with E-state index in [1.54, 1.807) is 6.07 Å².